The first kappa shape index (κ1) is 14.6. The molecule has 0 bridgehead atoms. The van der Waals surface area contributed by atoms with Crippen LogP contribution in [-0.4, -0.2) is 5.91 Å². The number of nitrogens with two attached hydrogens (primary N) is 2. The first-order valence-electron chi connectivity index (χ1n) is 6.10. The van der Waals surface area contributed by atoms with E-state index in [0.29, 0.717) is 17.1 Å². The molecule has 0 aliphatic rings. The summed E-state index contributed by atoms with van der Waals surface area (Å²) in [7, 11) is 0. The summed E-state index contributed by atoms with van der Waals surface area (Å²) in [5, 5.41) is 0. The van der Waals surface area contributed by atoms with Crippen LogP contribution in [0.1, 0.15) is 28.9 Å². The van der Waals surface area contributed by atoms with E-state index in [1.165, 1.54) is 0 Å². The standard InChI is InChI=1S/C15H15BrN2O2/c1-9(17)12-8-10(16)6-7-14(12)20-13-5-3-2-4-11(13)15(18)19/h2-9H,17H2,1H3,(H2,18,19). The minimum absolute atomic E-state index is 0.191. The number of para-hydroxylation sites is 1. The molecule has 1 unspecified atom stereocenters. The van der Waals surface area contributed by atoms with Gasteiger partial charge in [-0.15, -0.1) is 0 Å². The first-order chi connectivity index (χ1) is 9.49. The number of halogens is 1. The zero-order valence-electron chi connectivity index (χ0n) is 11.0. The number of rotatable bonds is 4. The normalized spacial score (nSPS) is 11.9. The number of ether oxygens (including phenoxy) is 1. The Morgan fingerprint density at radius 3 is 2.55 bits per heavy atom. The van der Waals surface area contributed by atoms with E-state index in [1.807, 2.05) is 19.1 Å². The molecule has 2 aromatic rings. The second-order valence-corrected chi connectivity index (χ2v) is 5.35. The lowest BCUT2D eigenvalue weighted by molar-refractivity contribution is 0.0998. The molecule has 4 N–H and O–H groups in total. The van der Waals surface area contributed by atoms with E-state index in [4.69, 9.17) is 16.2 Å². The van der Waals surface area contributed by atoms with E-state index in [0.717, 1.165) is 10.0 Å². The summed E-state index contributed by atoms with van der Waals surface area (Å²) in [6, 6.07) is 12.2. The highest BCUT2D eigenvalue weighted by atomic mass is 79.9. The fourth-order valence-electron chi connectivity index (χ4n) is 1.85. The van der Waals surface area contributed by atoms with Gasteiger partial charge in [-0.2, -0.15) is 0 Å². The predicted molar refractivity (Wildman–Crippen MR) is 81.8 cm³/mol. The molecule has 104 valence electrons. The molecule has 0 saturated heterocycles. The second kappa shape index (κ2) is 6.07. The number of primary amides is 1. The average molecular weight is 335 g/mol. The molecule has 0 fully saturated rings. The molecule has 4 nitrogen and oxygen atoms in total. The number of amides is 1. The molecule has 0 heterocycles. The Balaban J connectivity index is 2.43. The van der Waals surface area contributed by atoms with E-state index >= 15 is 0 Å². The number of benzene rings is 2. The van der Waals surface area contributed by atoms with Crippen molar-refractivity contribution in [3.8, 4) is 11.5 Å². The van der Waals surface area contributed by atoms with Crippen LogP contribution in [0.4, 0.5) is 0 Å². The van der Waals surface area contributed by atoms with Crippen LogP contribution in [-0.2, 0) is 0 Å². The van der Waals surface area contributed by atoms with Crippen LogP contribution in [0.15, 0.2) is 46.9 Å². The van der Waals surface area contributed by atoms with Gasteiger partial charge in [0.25, 0.3) is 5.91 Å². The highest BCUT2D eigenvalue weighted by molar-refractivity contribution is 9.10. The van der Waals surface area contributed by atoms with E-state index in [9.17, 15) is 4.79 Å². The molecule has 1 amide bonds. The van der Waals surface area contributed by atoms with Crippen molar-refractivity contribution in [2.45, 2.75) is 13.0 Å². The van der Waals surface area contributed by atoms with Crippen molar-refractivity contribution in [3.63, 3.8) is 0 Å². The molecule has 0 aromatic heterocycles. The van der Waals surface area contributed by atoms with Crippen LogP contribution in [0.25, 0.3) is 0 Å². The average Bonchev–Trinajstić information content (AvgIpc) is 2.41. The molecule has 2 rings (SSSR count). The van der Waals surface area contributed by atoms with Crippen LogP contribution >= 0.6 is 15.9 Å². The molecule has 0 spiro atoms. The molecule has 0 aliphatic heterocycles. The summed E-state index contributed by atoms with van der Waals surface area (Å²) in [4.78, 5) is 11.4. The molecule has 0 radical (unpaired) electrons. The smallest absolute Gasteiger partial charge is 0.252 e. The highest BCUT2D eigenvalue weighted by Gasteiger charge is 2.13. The largest absolute Gasteiger partial charge is 0.456 e. The predicted octanol–water partition coefficient (Wildman–Crippen LogP) is 3.36. The zero-order valence-corrected chi connectivity index (χ0v) is 12.6. The van der Waals surface area contributed by atoms with Crippen LogP contribution < -0.4 is 16.2 Å². The molecular formula is C15H15BrN2O2. The minimum Gasteiger partial charge on any atom is -0.456 e. The van der Waals surface area contributed by atoms with Crippen molar-refractivity contribution >= 4 is 21.8 Å². The third-order valence-corrected chi connectivity index (χ3v) is 3.33. The Hall–Kier alpha value is -1.85. The van der Waals surface area contributed by atoms with Crippen LogP contribution in [0.5, 0.6) is 11.5 Å². The Morgan fingerprint density at radius 2 is 1.90 bits per heavy atom. The maximum atomic E-state index is 11.4. The lowest BCUT2D eigenvalue weighted by atomic mass is 10.1. The molecule has 2 aromatic carbocycles. The van der Waals surface area contributed by atoms with Crippen molar-refractivity contribution in [2.24, 2.45) is 11.5 Å². The summed E-state index contributed by atoms with van der Waals surface area (Å²) in [6.07, 6.45) is 0. The van der Waals surface area contributed by atoms with Crippen LogP contribution in [0.3, 0.4) is 0 Å². The summed E-state index contributed by atoms with van der Waals surface area (Å²) in [5.74, 6) is 0.501. The topological polar surface area (TPSA) is 78.3 Å². The molecule has 0 saturated carbocycles. The fraction of sp³-hybridized carbons (Fsp3) is 0.133. The van der Waals surface area contributed by atoms with Crippen molar-refractivity contribution in [2.75, 3.05) is 0 Å². The summed E-state index contributed by atoms with van der Waals surface area (Å²) in [5.41, 5.74) is 12.5. The highest BCUT2D eigenvalue weighted by Crippen LogP contribution is 2.32. The summed E-state index contributed by atoms with van der Waals surface area (Å²) < 4.78 is 6.73. The fourth-order valence-corrected chi connectivity index (χ4v) is 2.22. The van der Waals surface area contributed by atoms with Gasteiger partial charge in [0.1, 0.15) is 11.5 Å². The van der Waals surface area contributed by atoms with Gasteiger partial charge in [-0.1, -0.05) is 28.1 Å². The number of hydrogen-bond acceptors (Lipinski definition) is 3. The van der Waals surface area contributed by atoms with Crippen molar-refractivity contribution in [1.29, 1.82) is 0 Å². The first-order valence-corrected chi connectivity index (χ1v) is 6.90. The van der Waals surface area contributed by atoms with Crippen molar-refractivity contribution in [1.82, 2.24) is 0 Å². The minimum atomic E-state index is -0.528. The SMILES string of the molecule is CC(N)c1cc(Br)ccc1Oc1ccccc1C(N)=O. The Bertz CT molecular complexity index is 642. The van der Waals surface area contributed by atoms with Gasteiger partial charge in [0.2, 0.25) is 0 Å². The monoisotopic (exact) mass is 334 g/mol. The Morgan fingerprint density at radius 1 is 1.20 bits per heavy atom. The molecular weight excluding hydrogens is 320 g/mol. The van der Waals surface area contributed by atoms with Crippen LogP contribution in [0.2, 0.25) is 0 Å². The molecule has 1 atom stereocenters. The third-order valence-electron chi connectivity index (χ3n) is 2.83. The lowest BCUT2D eigenvalue weighted by Gasteiger charge is -2.15. The maximum absolute atomic E-state index is 11.4. The molecule has 0 aliphatic carbocycles. The summed E-state index contributed by atoms with van der Waals surface area (Å²) in [6.45, 7) is 1.87. The number of carbonyl (C=O) groups is 1. The van der Waals surface area contributed by atoms with Gasteiger partial charge < -0.3 is 16.2 Å². The van der Waals surface area contributed by atoms with Gasteiger partial charge in [0.05, 0.1) is 5.56 Å². The van der Waals surface area contributed by atoms with Gasteiger partial charge >= 0.3 is 0 Å². The van der Waals surface area contributed by atoms with Gasteiger partial charge in [0.15, 0.2) is 0 Å². The maximum Gasteiger partial charge on any atom is 0.252 e. The Labute approximate surface area is 125 Å². The molecule has 5 heteroatoms. The van der Waals surface area contributed by atoms with Gasteiger partial charge in [-0.3, -0.25) is 4.79 Å². The quantitative estimate of drug-likeness (QED) is 0.899. The lowest BCUT2D eigenvalue weighted by Crippen LogP contribution is -2.12. The van der Waals surface area contributed by atoms with E-state index in [-0.39, 0.29) is 6.04 Å². The van der Waals surface area contributed by atoms with Gasteiger partial charge in [0, 0.05) is 16.1 Å². The van der Waals surface area contributed by atoms with E-state index < -0.39 is 5.91 Å². The Kier molecular flexibility index (Phi) is 4.42. The van der Waals surface area contributed by atoms with E-state index in [1.54, 1.807) is 30.3 Å². The zero-order chi connectivity index (χ0) is 14.7. The van der Waals surface area contributed by atoms with Gasteiger partial charge in [-0.05, 0) is 37.3 Å². The second-order valence-electron chi connectivity index (χ2n) is 4.43. The van der Waals surface area contributed by atoms with Crippen molar-refractivity contribution in [3.05, 3.63) is 58.1 Å². The number of carbonyl (C=O) groups excluding carboxylic acids is 1. The van der Waals surface area contributed by atoms with E-state index in [2.05, 4.69) is 15.9 Å². The summed E-state index contributed by atoms with van der Waals surface area (Å²) >= 11 is 3.40. The number of hydrogen-bond donors (Lipinski definition) is 2. The van der Waals surface area contributed by atoms with Gasteiger partial charge in [-0.25, -0.2) is 0 Å². The van der Waals surface area contributed by atoms with Crippen molar-refractivity contribution < 1.29 is 9.53 Å². The third kappa shape index (κ3) is 3.18. The molecule has 20 heavy (non-hydrogen) atoms. The van der Waals surface area contributed by atoms with Crippen LogP contribution in [0, 0.1) is 0 Å².